The third kappa shape index (κ3) is 1.90. The summed E-state index contributed by atoms with van der Waals surface area (Å²) in [4.78, 5) is 18.3. The predicted octanol–water partition coefficient (Wildman–Crippen LogP) is 0.496. The van der Waals surface area contributed by atoms with Gasteiger partial charge >= 0.3 is 0 Å². The number of carbonyl (C=O) groups is 1. The van der Waals surface area contributed by atoms with Crippen LogP contribution in [0.25, 0.3) is 0 Å². The van der Waals surface area contributed by atoms with Crippen molar-refractivity contribution in [1.29, 1.82) is 0 Å². The van der Waals surface area contributed by atoms with E-state index in [-0.39, 0.29) is 10.7 Å². The molecule has 1 heterocycles. The van der Waals surface area contributed by atoms with Crippen LogP contribution < -0.4 is 11.3 Å². The number of hydrogen-bond acceptors (Lipinski definition) is 4. The van der Waals surface area contributed by atoms with Gasteiger partial charge in [0.2, 0.25) is 0 Å². The average Bonchev–Trinajstić information content (AvgIpc) is 2.03. The number of aromatic nitrogens is 2. The van der Waals surface area contributed by atoms with Gasteiger partial charge in [0.25, 0.3) is 5.91 Å². The van der Waals surface area contributed by atoms with Crippen LogP contribution in [0.2, 0.25) is 5.15 Å². The van der Waals surface area contributed by atoms with Crippen LogP contribution in [0.3, 0.4) is 0 Å². The number of hydrogen-bond donors (Lipinski definition) is 2. The van der Waals surface area contributed by atoms with Crippen LogP contribution in [0.4, 0.5) is 0 Å². The zero-order valence-electron chi connectivity index (χ0n) is 5.71. The predicted molar refractivity (Wildman–Crippen MR) is 46.4 cm³/mol. The lowest BCUT2D eigenvalue weighted by atomic mass is 10.3. The molecule has 5 nitrogen and oxygen atoms in total. The summed E-state index contributed by atoms with van der Waals surface area (Å²) in [5.41, 5.74) is 2.06. The Kier molecular flexibility index (Phi) is 2.96. The maximum Gasteiger partial charge on any atom is 0.269 e. The molecule has 0 spiro atoms. The maximum absolute atomic E-state index is 10.9. The molecular formula is C5H4BrClN4O. The number of hydrazine groups is 1. The SMILES string of the molecule is NNC(=O)c1cnc(Br)nc1Cl. The van der Waals surface area contributed by atoms with Gasteiger partial charge in [-0.25, -0.2) is 15.8 Å². The Bertz CT molecular complexity index is 318. The fourth-order valence-corrected chi connectivity index (χ4v) is 1.17. The molecule has 0 aliphatic carbocycles. The smallest absolute Gasteiger partial charge is 0.269 e. The number of nitrogen functional groups attached to an aromatic ring is 1. The van der Waals surface area contributed by atoms with Crippen molar-refractivity contribution in [3.05, 3.63) is 21.6 Å². The highest BCUT2D eigenvalue weighted by Crippen LogP contribution is 2.13. The van der Waals surface area contributed by atoms with Gasteiger partial charge in [0.05, 0.1) is 5.56 Å². The molecular weight excluding hydrogens is 247 g/mol. The summed E-state index contributed by atoms with van der Waals surface area (Å²) >= 11 is 8.60. The Morgan fingerprint density at radius 1 is 1.75 bits per heavy atom. The van der Waals surface area contributed by atoms with Crippen molar-refractivity contribution in [1.82, 2.24) is 15.4 Å². The van der Waals surface area contributed by atoms with Gasteiger partial charge in [0.1, 0.15) is 5.15 Å². The molecule has 1 aromatic heterocycles. The van der Waals surface area contributed by atoms with Crippen LogP contribution in [0.5, 0.6) is 0 Å². The van der Waals surface area contributed by atoms with E-state index in [1.807, 2.05) is 5.43 Å². The third-order valence-electron chi connectivity index (χ3n) is 1.09. The van der Waals surface area contributed by atoms with Gasteiger partial charge in [0, 0.05) is 6.20 Å². The van der Waals surface area contributed by atoms with E-state index in [1.165, 1.54) is 6.20 Å². The summed E-state index contributed by atoms with van der Waals surface area (Å²) in [6.07, 6.45) is 1.28. The first-order valence-electron chi connectivity index (χ1n) is 2.84. The molecule has 64 valence electrons. The number of amides is 1. The molecule has 3 N–H and O–H groups in total. The molecule has 0 bridgehead atoms. The highest BCUT2D eigenvalue weighted by molar-refractivity contribution is 9.10. The summed E-state index contributed by atoms with van der Waals surface area (Å²) in [7, 11) is 0. The second-order valence-corrected chi connectivity index (χ2v) is 2.88. The van der Waals surface area contributed by atoms with Crippen LogP contribution in [-0.4, -0.2) is 15.9 Å². The number of rotatable bonds is 1. The van der Waals surface area contributed by atoms with Crippen LogP contribution in [0.1, 0.15) is 10.4 Å². The fourth-order valence-electron chi connectivity index (χ4n) is 0.571. The van der Waals surface area contributed by atoms with E-state index < -0.39 is 5.91 Å². The molecule has 0 unspecified atom stereocenters. The van der Waals surface area contributed by atoms with Crippen molar-refractivity contribution in [2.75, 3.05) is 0 Å². The molecule has 0 aliphatic rings. The van der Waals surface area contributed by atoms with E-state index in [9.17, 15) is 4.79 Å². The third-order valence-corrected chi connectivity index (χ3v) is 1.76. The number of halogens is 2. The molecule has 0 saturated heterocycles. The monoisotopic (exact) mass is 250 g/mol. The second-order valence-electron chi connectivity index (χ2n) is 1.82. The highest BCUT2D eigenvalue weighted by Gasteiger charge is 2.10. The molecule has 7 heteroatoms. The van der Waals surface area contributed by atoms with Gasteiger partial charge in [-0.1, -0.05) is 11.6 Å². The van der Waals surface area contributed by atoms with E-state index in [0.717, 1.165) is 0 Å². The van der Waals surface area contributed by atoms with E-state index >= 15 is 0 Å². The molecule has 1 amide bonds. The van der Waals surface area contributed by atoms with Gasteiger partial charge in [-0.3, -0.25) is 10.2 Å². The van der Waals surface area contributed by atoms with E-state index in [0.29, 0.717) is 4.73 Å². The minimum atomic E-state index is -0.521. The Morgan fingerprint density at radius 2 is 2.42 bits per heavy atom. The Balaban J connectivity index is 3.09. The number of nitrogens with one attached hydrogen (secondary N) is 1. The Morgan fingerprint density at radius 3 is 2.92 bits per heavy atom. The zero-order valence-corrected chi connectivity index (χ0v) is 8.06. The van der Waals surface area contributed by atoms with Gasteiger partial charge in [-0.05, 0) is 15.9 Å². The minimum Gasteiger partial charge on any atom is -0.290 e. The molecule has 1 aromatic rings. The topological polar surface area (TPSA) is 80.9 Å². The summed E-state index contributed by atoms with van der Waals surface area (Å²) in [5, 5.41) is 0.0554. The largest absolute Gasteiger partial charge is 0.290 e. The van der Waals surface area contributed by atoms with Crippen molar-refractivity contribution in [3.63, 3.8) is 0 Å². The number of nitrogens with two attached hydrogens (primary N) is 1. The van der Waals surface area contributed by atoms with Crippen LogP contribution >= 0.6 is 27.5 Å². The van der Waals surface area contributed by atoms with Gasteiger partial charge in [-0.2, -0.15) is 0 Å². The molecule has 0 aliphatic heterocycles. The van der Waals surface area contributed by atoms with Crippen molar-refractivity contribution < 1.29 is 4.79 Å². The Hall–Kier alpha value is -0.720. The summed E-state index contributed by atoms with van der Waals surface area (Å²) in [5.74, 6) is 4.36. The van der Waals surface area contributed by atoms with E-state index in [1.54, 1.807) is 0 Å². The summed E-state index contributed by atoms with van der Waals surface area (Å²) in [6, 6.07) is 0. The molecule has 0 aromatic carbocycles. The minimum absolute atomic E-state index is 0.0554. The molecule has 0 saturated carbocycles. The van der Waals surface area contributed by atoms with Crippen molar-refractivity contribution in [2.24, 2.45) is 5.84 Å². The molecule has 12 heavy (non-hydrogen) atoms. The van der Waals surface area contributed by atoms with Gasteiger partial charge in [-0.15, -0.1) is 0 Å². The molecule has 0 fully saturated rings. The van der Waals surface area contributed by atoms with E-state index in [4.69, 9.17) is 17.4 Å². The average molecular weight is 251 g/mol. The van der Waals surface area contributed by atoms with Crippen LogP contribution in [-0.2, 0) is 0 Å². The summed E-state index contributed by atoms with van der Waals surface area (Å²) in [6.45, 7) is 0. The second kappa shape index (κ2) is 3.79. The number of nitrogens with zero attached hydrogens (tertiary/aromatic N) is 2. The van der Waals surface area contributed by atoms with Crippen LogP contribution in [0.15, 0.2) is 10.9 Å². The zero-order chi connectivity index (χ0) is 9.14. The van der Waals surface area contributed by atoms with Crippen molar-refractivity contribution in [2.45, 2.75) is 0 Å². The van der Waals surface area contributed by atoms with Gasteiger partial charge < -0.3 is 0 Å². The van der Waals surface area contributed by atoms with Gasteiger partial charge in [0.15, 0.2) is 4.73 Å². The molecule has 0 atom stereocenters. The maximum atomic E-state index is 10.9. The Labute approximate surface area is 81.4 Å². The van der Waals surface area contributed by atoms with E-state index in [2.05, 4.69) is 25.9 Å². The molecule has 0 radical (unpaired) electrons. The lowest BCUT2D eigenvalue weighted by molar-refractivity contribution is 0.0953. The fraction of sp³-hybridized carbons (Fsp3) is 0. The van der Waals surface area contributed by atoms with Crippen molar-refractivity contribution in [3.8, 4) is 0 Å². The van der Waals surface area contributed by atoms with Crippen molar-refractivity contribution >= 4 is 33.4 Å². The van der Waals surface area contributed by atoms with Crippen LogP contribution in [0, 0.1) is 0 Å². The highest BCUT2D eigenvalue weighted by atomic mass is 79.9. The lowest BCUT2D eigenvalue weighted by Gasteiger charge is -1.99. The normalized spacial score (nSPS) is 9.58. The first-order valence-corrected chi connectivity index (χ1v) is 4.01. The number of carbonyl (C=O) groups excluding carboxylic acids is 1. The first-order chi connectivity index (χ1) is 5.65. The summed E-state index contributed by atoms with van der Waals surface area (Å²) < 4.78 is 0.320. The standard InChI is InChI=1S/C5H4BrClN4O/c6-5-9-1-2(3(7)10-5)4(12)11-8/h1H,8H2,(H,11,12). The lowest BCUT2D eigenvalue weighted by Crippen LogP contribution is -2.30. The molecule has 1 rings (SSSR count). The first kappa shape index (κ1) is 9.37. The quantitative estimate of drug-likeness (QED) is 0.250.